The Morgan fingerprint density at radius 1 is 0.481 bits per heavy atom. The van der Waals surface area contributed by atoms with Crippen LogP contribution < -0.4 is 4.90 Å². The topological polar surface area (TPSA) is 3.24 Å². The Morgan fingerprint density at radius 3 is 1.72 bits per heavy atom. The molecule has 0 atom stereocenters. The first-order valence-corrected chi connectivity index (χ1v) is 21.2. The summed E-state index contributed by atoms with van der Waals surface area (Å²) in [5.74, 6) is 5.29. The Balaban J connectivity index is 0.960. The van der Waals surface area contributed by atoms with Gasteiger partial charge in [0, 0.05) is 22.5 Å². The van der Waals surface area contributed by atoms with Crippen molar-refractivity contribution in [3.05, 3.63) is 150 Å². The Labute approximate surface area is 322 Å². The molecule has 5 saturated carbocycles. The molecule has 5 fully saturated rings. The molecule has 0 radical (unpaired) electrons. The number of nitrogens with zero attached hydrogens (tertiary/aromatic N) is 1. The fraction of sp³-hybridized carbons (Fsp3) is 0.358. The molecule has 0 amide bonds. The van der Waals surface area contributed by atoms with Crippen LogP contribution >= 0.6 is 0 Å². The van der Waals surface area contributed by atoms with Crippen molar-refractivity contribution in [2.75, 3.05) is 4.90 Å². The molecule has 0 unspecified atom stereocenters. The fourth-order valence-corrected chi connectivity index (χ4v) is 12.5. The lowest BCUT2D eigenvalue weighted by Crippen LogP contribution is -2.43. The lowest BCUT2D eigenvalue weighted by molar-refractivity contribution is -0.00277. The number of benzene rings is 6. The second-order valence-electron chi connectivity index (χ2n) is 18.5. The summed E-state index contributed by atoms with van der Waals surface area (Å²) in [6, 6.07) is 49.6. The van der Waals surface area contributed by atoms with Crippen LogP contribution in [-0.2, 0) is 5.41 Å². The van der Waals surface area contributed by atoms with Crippen LogP contribution in [0.5, 0.6) is 0 Å². The third kappa shape index (κ3) is 5.40. The van der Waals surface area contributed by atoms with Gasteiger partial charge >= 0.3 is 0 Å². The van der Waals surface area contributed by atoms with E-state index in [2.05, 4.69) is 146 Å². The highest BCUT2D eigenvalue weighted by Gasteiger charge is 2.48. The smallest absolute Gasteiger partial charge is 0.0465 e. The van der Waals surface area contributed by atoms with E-state index in [1.165, 1.54) is 131 Å². The largest absolute Gasteiger partial charge is 0.310 e. The van der Waals surface area contributed by atoms with E-state index in [0.717, 1.165) is 29.6 Å². The molecule has 270 valence electrons. The molecule has 1 nitrogen and oxygen atoms in total. The first kappa shape index (κ1) is 32.8. The lowest BCUT2D eigenvalue weighted by atomic mass is 9.51. The number of fused-ring (bicyclic) bond motifs is 4. The SMILES string of the molecule is CC1(C)c2cc(-c3ccc4ccccc4c3)ccc2-c2ccc(N(c3ccc(C4CCCCC4)cc3)c3ccc(C4C5CC6CC(C5)CC4C6)cc3)cc21. The number of hydrogen-bond acceptors (Lipinski definition) is 1. The van der Waals surface area contributed by atoms with E-state index in [9.17, 15) is 0 Å². The molecule has 0 heterocycles. The second kappa shape index (κ2) is 12.7. The molecule has 0 aromatic heterocycles. The van der Waals surface area contributed by atoms with E-state index in [1.54, 1.807) is 5.56 Å². The Kier molecular flexibility index (Phi) is 7.73. The van der Waals surface area contributed by atoms with Gasteiger partial charge in [0.05, 0.1) is 0 Å². The quantitative estimate of drug-likeness (QED) is 0.167. The maximum absolute atomic E-state index is 2.53. The van der Waals surface area contributed by atoms with Crippen LogP contribution in [0.2, 0.25) is 0 Å². The van der Waals surface area contributed by atoms with Crippen molar-refractivity contribution in [2.45, 2.75) is 95.3 Å². The van der Waals surface area contributed by atoms with Crippen molar-refractivity contribution in [3.63, 3.8) is 0 Å². The number of hydrogen-bond donors (Lipinski definition) is 0. The van der Waals surface area contributed by atoms with Crippen LogP contribution in [0.4, 0.5) is 17.1 Å². The maximum atomic E-state index is 2.53. The van der Waals surface area contributed by atoms with Crippen LogP contribution in [0.3, 0.4) is 0 Å². The van der Waals surface area contributed by atoms with Gasteiger partial charge in [-0.25, -0.2) is 0 Å². The number of rotatable bonds is 6. The van der Waals surface area contributed by atoms with Gasteiger partial charge in [-0.05, 0) is 184 Å². The maximum Gasteiger partial charge on any atom is 0.0465 e. The standard InChI is InChI=1S/C53H53N/c1-53(2)50-32-42(41-13-12-37-10-6-7-11-40(37)31-41)18-24-48(50)49-25-23-47(33-51(49)53)54(45-19-14-38(15-20-45)36-8-4-3-5-9-36)46-21-16-39(17-22-46)52-43-27-34-26-35(29-43)30-44(52)28-34/h6-7,10-25,31-36,43-44,52H,3-5,8-9,26-30H2,1-2H3. The van der Waals surface area contributed by atoms with Crippen LogP contribution in [0, 0.1) is 23.7 Å². The van der Waals surface area contributed by atoms with Crippen LogP contribution in [0.25, 0.3) is 33.0 Å². The minimum Gasteiger partial charge on any atom is -0.310 e. The average Bonchev–Trinajstić information content (AvgIpc) is 3.43. The highest BCUT2D eigenvalue weighted by molar-refractivity contribution is 5.90. The van der Waals surface area contributed by atoms with Crippen molar-refractivity contribution in [3.8, 4) is 22.3 Å². The van der Waals surface area contributed by atoms with Gasteiger partial charge in [-0.2, -0.15) is 0 Å². The highest BCUT2D eigenvalue weighted by atomic mass is 15.1. The van der Waals surface area contributed by atoms with Crippen molar-refractivity contribution < 1.29 is 0 Å². The van der Waals surface area contributed by atoms with Crippen LogP contribution in [0.1, 0.15) is 112 Å². The lowest BCUT2D eigenvalue weighted by Gasteiger charge is -2.54. The predicted molar refractivity (Wildman–Crippen MR) is 227 cm³/mol. The predicted octanol–water partition coefficient (Wildman–Crippen LogP) is 14.9. The summed E-state index contributed by atoms with van der Waals surface area (Å²) in [7, 11) is 0. The number of anilines is 3. The summed E-state index contributed by atoms with van der Waals surface area (Å²) in [6.45, 7) is 4.85. The monoisotopic (exact) mass is 703 g/mol. The van der Waals surface area contributed by atoms with Gasteiger partial charge in [-0.1, -0.05) is 112 Å². The van der Waals surface area contributed by atoms with Gasteiger partial charge in [0.15, 0.2) is 0 Å². The normalized spacial score (nSPS) is 25.1. The molecule has 1 heteroatoms. The van der Waals surface area contributed by atoms with E-state index in [0.29, 0.717) is 5.92 Å². The molecule has 12 rings (SSSR count). The first-order chi connectivity index (χ1) is 26.5. The molecule has 0 N–H and O–H groups in total. The molecule has 6 aliphatic rings. The van der Waals surface area contributed by atoms with Crippen molar-refractivity contribution in [1.82, 2.24) is 0 Å². The van der Waals surface area contributed by atoms with Gasteiger partial charge in [0.25, 0.3) is 0 Å². The van der Waals surface area contributed by atoms with Crippen molar-refractivity contribution >= 4 is 27.8 Å². The zero-order chi connectivity index (χ0) is 36.0. The van der Waals surface area contributed by atoms with Crippen LogP contribution in [-0.4, -0.2) is 0 Å². The molecule has 6 aliphatic carbocycles. The fourth-order valence-electron chi connectivity index (χ4n) is 12.5. The zero-order valence-corrected chi connectivity index (χ0v) is 32.1. The molecule has 0 aliphatic heterocycles. The summed E-state index contributed by atoms with van der Waals surface area (Å²) < 4.78 is 0. The average molecular weight is 704 g/mol. The second-order valence-corrected chi connectivity index (χ2v) is 18.5. The van der Waals surface area contributed by atoms with Crippen LogP contribution in [0.15, 0.2) is 127 Å². The minimum atomic E-state index is -0.118. The van der Waals surface area contributed by atoms with Gasteiger partial charge in [0.2, 0.25) is 0 Å². The summed E-state index contributed by atoms with van der Waals surface area (Å²) in [4.78, 5) is 2.53. The third-order valence-corrected chi connectivity index (χ3v) is 15.0. The molecule has 0 saturated heterocycles. The van der Waals surface area contributed by atoms with E-state index < -0.39 is 0 Å². The van der Waals surface area contributed by atoms with Gasteiger partial charge in [0.1, 0.15) is 0 Å². The Morgan fingerprint density at radius 2 is 1.04 bits per heavy atom. The Bertz CT molecular complexity index is 2330. The first-order valence-electron chi connectivity index (χ1n) is 21.2. The molecule has 6 aromatic carbocycles. The summed E-state index contributed by atoms with van der Waals surface area (Å²) in [6.07, 6.45) is 14.2. The molecule has 6 aromatic rings. The van der Waals surface area contributed by atoms with Crippen molar-refractivity contribution in [1.29, 1.82) is 0 Å². The van der Waals surface area contributed by atoms with Gasteiger partial charge in [-0.3, -0.25) is 0 Å². The molecular formula is C53H53N. The zero-order valence-electron chi connectivity index (χ0n) is 32.1. The van der Waals surface area contributed by atoms with E-state index in [1.807, 2.05) is 0 Å². The molecule has 0 spiro atoms. The summed E-state index contributed by atoms with van der Waals surface area (Å²) in [5, 5.41) is 2.58. The Hall–Kier alpha value is -4.62. The molecule has 4 bridgehead atoms. The van der Waals surface area contributed by atoms with E-state index in [-0.39, 0.29) is 5.41 Å². The minimum absolute atomic E-state index is 0.118. The summed E-state index contributed by atoms with van der Waals surface area (Å²) >= 11 is 0. The molecular weight excluding hydrogens is 651 g/mol. The van der Waals surface area contributed by atoms with Gasteiger partial charge in [-0.15, -0.1) is 0 Å². The van der Waals surface area contributed by atoms with E-state index in [4.69, 9.17) is 0 Å². The molecule has 54 heavy (non-hydrogen) atoms. The highest BCUT2D eigenvalue weighted by Crippen LogP contribution is 2.60. The van der Waals surface area contributed by atoms with Gasteiger partial charge < -0.3 is 4.90 Å². The summed E-state index contributed by atoms with van der Waals surface area (Å²) in [5.41, 5.74) is 14.9. The van der Waals surface area contributed by atoms with Crippen molar-refractivity contribution in [2.24, 2.45) is 23.7 Å². The third-order valence-electron chi connectivity index (χ3n) is 15.0. The van der Waals surface area contributed by atoms with E-state index >= 15 is 0 Å².